The molecule has 0 radical (unpaired) electrons. The number of nitrogens with zero attached hydrogens (tertiary/aromatic N) is 1. The van der Waals surface area contributed by atoms with Crippen molar-refractivity contribution in [2.45, 2.75) is 40.5 Å². The SMILES string of the molecule is COC1(Cl)C=C(C(C)C)C(S(=O)(=O)NCC(=O)OCc2ccccc2)C(Cl)(CN2C(=O)c3ccccc3S2(=O)=O)C1C(=O)O. The molecule has 1 amide bonds. The summed E-state index contributed by atoms with van der Waals surface area (Å²) in [5.74, 6) is -6.49. The minimum atomic E-state index is -4.81. The Hall–Kier alpha value is -3.01. The average molecular weight is 690 g/mol. The molecule has 2 aliphatic rings. The van der Waals surface area contributed by atoms with Gasteiger partial charge in [-0.15, -0.1) is 11.6 Å². The lowest BCUT2D eigenvalue weighted by Gasteiger charge is -2.50. The van der Waals surface area contributed by atoms with E-state index in [4.69, 9.17) is 32.7 Å². The van der Waals surface area contributed by atoms with Gasteiger partial charge in [0, 0.05) is 7.11 Å². The molecule has 0 saturated carbocycles. The van der Waals surface area contributed by atoms with Crippen molar-refractivity contribution < 1.29 is 45.8 Å². The zero-order valence-corrected chi connectivity index (χ0v) is 26.9. The van der Waals surface area contributed by atoms with Crippen molar-refractivity contribution in [3.05, 3.63) is 77.4 Å². The molecule has 16 heteroatoms. The first-order valence-electron chi connectivity index (χ1n) is 13.2. The van der Waals surface area contributed by atoms with E-state index in [2.05, 4.69) is 4.72 Å². The maximum atomic E-state index is 14.0. The fourth-order valence-corrected chi connectivity index (χ4v) is 10.3. The van der Waals surface area contributed by atoms with Crippen molar-refractivity contribution in [1.82, 2.24) is 9.03 Å². The molecule has 0 bridgehead atoms. The highest BCUT2D eigenvalue weighted by atomic mass is 35.5. The minimum Gasteiger partial charge on any atom is -0.481 e. The number of amides is 1. The van der Waals surface area contributed by atoms with E-state index in [-0.39, 0.29) is 22.6 Å². The van der Waals surface area contributed by atoms with E-state index in [1.54, 1.807) is 44.2 Å². The number of hydrogen-bond donors (Lipinski definition) is 2. The number of carboxylic acid groups (broad SMARTS) is 1. The predicted octanol–water partition coefficient (Wildman–Crippen LogP) is 2.72. The van der Waals surface area contributed by atoms with Crippen LogP contribution < -0.4 is 4.72 Å². The number of esters is 1. The second kappa shape index (κ2) is 12.4. The third kappa shape index (κ3) is 6.11. The maximum absolute atomic E-state index is 14.0. The normalized spacial score (nSPS) is 26.3. The molecule has 1 aliphatic heterocycles. The number of carbonyl (C=O) groups excluding carboxylic acids is 2. The summed E-state index contributed by atoms with van der Waals surface area (Å²) < 4.78 is 68.0. The highest BCUT2D eigenvalue weighted by Crippen LogP contribution is 2.53. The summed E-state index contributed by atoms with van der Waals surface area (Å²) in [6.07, 6.45) is 1.12. The zero-order chi connectivity index (χ0) is 32.7. The van der Waals surface area contributed by atoms with E-state index in [1.807, 2.05) is 0 Å². The molecule has 2 aromatic rings. The number of benzene rings is 2. The van der Waals surface area contributed by atoms with E-state index in [1.165, 1.54) is 24.3 Å². The first-order valence-corrected chi connectivity index (χ1v) is 17.0. The first-order chi connectivity index (χ1) is 20.5. The van der Waals surface area contributed by atoms with Gasteiger partial charge in [-0.2, -0.15) is 0 Å². The van der Waals surface area contributed by atoms with E-state index in [9.17, 15) is 36.3 Å². The molecular formula is C28H30Cl2N2O10S2. The second-order valence-corrected chi connectivity index (χ2v) is 15.6. The van der Waals surface area contributed by atoms with Gasteiger partial charge in [-0.25, -0.2) is 25.9 Å². The number of rotatable bonds is 11. The molecule has 12 nitrogen and oxygen atoms in total. The van der Waals surface area contributed by atoms with Gasteiger partial charge in [0.05, 0.1) is 12.1 Å². The van der Waals surface area contributed by atoms with Crippen LogP contribution in [0.15, 0.2) is 71.1 Å². The van der Waals surface area contributed by atoms with Crippen LogP contribution in [-0.2, 0) is 45.7 Å². The molecule has 2 aromatic carbocycles. The molecule has 1 aliphatic carbocycles. The second-order valence-electron chi connectivity index (χ2n) is 10.6. The molecule has 0 aromatic heterocycles. The van der Waals surface area contributed by atoms with E-state index in [0.29, 0.717) is 9.87 Å². The first kappa shape index (κ1) is 33.9. The maximum Gasteiger partial charge on any atom is 0.321 e. The standard InChI is InChI=1S/C28H30Cl2N2O10S2/c1-17(2)20-13-28(30,41-3)23(26(35)36)27(29,16-32-25(34)19-11-7-8-12-21(19)44(32,39)40)24(20)43(37,38)31-14-22(33)42-15-18-9-5-4-6-10-18/h4-13,17,23-24,31H,14-16H2,1-3H3,(H,35,36). The van der Waals surface area contributed by atoms with Gasteiger partial charge in [0.2, 0.25) is 10.0 Å². The largest absolute Gasteiger partial charge is 0.481 e. The molecule has 4 unspecified atom stereocenters. The third-order valence-corrected chi connectivity index (χ3v) is 12.3. The van der Waals surface area contributed by atoms with Gasteiger partial charge >= 0.3 is 11.9 Å². The molecule has 238 valence electrons. The number of ether oxygens (including phenoxy) is 2. The average Bonchev–Trinajstić information content (AvgIpc) is 3.15. The van der Waals surface area contributed by atoms with Crippen LogP contribution in [0.1, 0.15) is 29.8 Å². The zero-order valence-electron chi connectivity index (χ0n) is 23.8. The van der Waals surface area contributed by atoms with Gasteiger partial charge in [-0.3, -0.25) is 14.4 Å². The molecule has 0 spiro atoms. The topological polar surface area (TPSA) is 173 Å². The molecule has 1 heterocycles. The Morgan fingerprint density at radius 3 is 2.27 bits per heavy atom. The smallest absolute Gasteiger partial charge is 0.321 e. The number of nitrogens with one attached hydrogen (secondary N) is 1. The number of hydrogen-bond acceptors (Lipinski definition) is 9. The summed E-state index contributed by atoms with van der Waals surface area (Å²) in [6.45, 7) is 1.06. The number of alkyl halides is 2. The number of aliphatic carboxylic acids is 1. The number of sulfonamides is 2. The van der Waals surface area contributed by atoms with Crippen LogP contribution in [0, 0.1) is 11.8 Å². The van der Waals surface area contributed by atoms with Crippen LogP contribution in [0.5, 0.6) is 0 Å². The quantitative estimate of drug-likeness (QED) is 0.203. The van der Waals surface area contributed by atoms with Crippen LogP contribution in [0.25, 0.3) is 0 Å². The number of fused-ring (bicyclic) bond motifs is 1. The Bertz CT molecular complexity index is 1720. The van der Waals surface area contributed by atoms with Crippen LogP contribution >= 0.6 is 23.2 Å². The predicted molar refractivity (Wildman–Crippen MR) is 160 cm³/mol. The molecule has 2 N–H and O–H groups in total. The monoisotopic (exact) mass is 688 g/mol. The number of halogens is 2. The Labute approximate surface area is 265 Å². The third-order valence-electron chi connectivity index (χ3n) is 7.47. The van der Waals surface area contributed by atoms with Crippen LogP contribution in [0.4, 0.5) is 0 Å². The van der Waals surface area contributed by atoms with E-state index < -0.39 is 78.0 Å². The van der Waals surface area contributed by atoms with Crippen molar-refractivity contribution in [1.29, 1.82) is 0 Å². The fraction of sp³-hybridized carbons (Fsp3) is 0.393. The summed E-state index contributed by atoms with van der Waals surface area (Å²) in [4.78, 5) is 35.7. The number of methoxy groups -OCH3 is 1. The Kier molecular flexibility index (Phi) is 9.55. The molecule has 4 atom stereocenters. The Morgan fingerprint density at radius 1 is 1.09 bits per heavy atom. The summed E-state index contributed by atoms with van der Waals surface area (Å²) in [5, 5.41) is 6.11. The van der Waals surface area contributed by atoms with Crippen molar-refractivity contribution in [3.8, 4) is 0 Å². The fourth-order valence-electron chi connectivity index (χ4n) is 5.41. The number of carbonyl (C=O) groups is 3. The van der Waals surface area contributed by atoms with Gasteiger partial charge in [0.25, 0.3) is 15.9 Å². The van der Waals surface area contributed by atoms with E-state index >= 15 is 0 Å². The van der Waals surface area contributed by atoms with E-state index in [0.717, 1.165) is 13.2 Å². The number of carboxylic acids is 1. The van der Waals surface area contributed by atoms with Gasteiger partial charge in [-0.05, 0) is 35.3 Å². The van der Waals surface area contributed by atoms with Gasteiger partial charge in [0.1, 0.15) is 34.1 Å². The Morgan fingerprint density at radius 2 is 1.70 bits per heavy atom. The highest BCUT2D eigenvalue weighted by molar-refractivity contribution is 7.90. The Balaban J connectivity index is 1.78. The van der Waals surface area contributed by atoms with Crippen LogP contribution in [0.3, 0.4) is 0 Å². The van der Waals surface area contributed by atoms with Gasteiger partial charge in [-0.1, -0.05) is 67.9 Å². The lowest BCUT2D eigenvalue weighted by molar-refractivity contribution is -0.150. The minimum absolute atomic E-state index is 0.0268. The van der Waals surface area contributed by atoms with Crippen LogP contribution in [-0.4, -0.2) is 79.5 Å². The van der Waals surface area contributed by atoms with Crippen molar-refractivity contribution in [2.75, 3.05) is 20.2 Å². The lowest BCUT2D eigenvalue weighted by Crippen LogP contribution is -2.67. The van der Waals surface area contributed by atoms with Crippen molar-refractivity contribution >= 4 is 61.1 Å². The van der Waals surface area contributed by atoms with Crippen LogP contribution in [0.2, 0.25) is 0 Å². The van der Waals surface area contributed by atoms with Crippen molar-refractivity contribution in [3.63, 3.8) is 0 Å². The molecule has 0 saturated heterocycles. The highest BCUT2D eigenvalue weighted by Gasteiger charge is 2.66. The molecule has 4 rings (SSSR count). The molecule has 44 heavy (non-hydrogen) atoms. The van der Waals surface area contributed by atoms with Gasteiger partial charge in [0.15, 0.2) is 5.06 Å². The molecular weight excluding hydrogens is 659 g/mol. The summed E-state index contributed by atoms with van der Waals surface area (Å²) in [5.41, 5.74) is 0.430. The summed E-state index contributed by atoms with van der Waals surface area (Å²) in [7, 11) is -8.31. The summed E-state index contributed by atoms with van der Waals surface area (Å²) in [6, 6.07) is 13.9. The van der Waals surface area contributed by atoms with Crippen molar-refractivity contribution in [2.24, 2.45) is 11.8 Å². The molecule has 0 fully saturated rings. The summed E-state index contributed by atoms with van der Waals surface area (Å²) >= 11 is 13.7. The van der Waals surface area contributed by atoms with Gasteiger partial charge < -0.3 is 14.6 Å². The lowest BCUT2D eigenvalue weighted by atomic mass is 9.73.